The van der Waals surface area contributed by atoms with Crippen molar-refractivity contribution in [1.82, 2.24) is 0 Å². The Bertz CT molecular complexity index is 656. The number of alkyl halides is 3. The van der Waals surface area contributed by atoms with Crippen LogP contribution >= 0.6 is 0 Å². The number of hydrogen-bond donors (Lipinski definition) is 0. The predicted octanol–water partition coefficient (Wildman–Crippen LogP) is 4.26. The molecular weight excluding hydrogens is 274 g/mol. The van der Waals surface area contributed by atoms with Gasteiger partial charge in [-0.1, -0.05) is 12.1 Å². The van der Waals surface area contributed by atoms with Crippen molar-refractivity contribution >= 4 is 0 Å². The quantitative estimate of drug-likeness (QED) is 0.770. The number of ether oxygens (including phenoxy) is 1. The van der Waals surface area contributed by atoms with Crippen LogP contribution in [0, 0.1) is 17.1 Å². The molecule has 6 heteroatoms. The molecule has 0 fully saturated rings. The maximum atomic E-state index is 13.3. The Kier molecular flexibility index (Phi) is 3.61. The molecule has 0 atom stereocenters. The van der Waals surface area contributed by atoms with Crippen LogP contribution in [0.4, 0.5) is 17.6 Å². The highest BCUT2D eigenvalue weighted by molar-refractivity contribution is 5.66. The summed E-state index contributed by atoms with van der Waals surface area (Å²) in [7, 11) is 0. The van der Waals surface area contributed by atoms with Gasteiger partial charge in [-0.3, -0.25) is 0 Å². The molecule has 0 aliphatic carbocycles. The molecule has 0 aromatic heterocycles. The molecule has 2 aromatic carbocycles. The number of nitrogens with zero attached hydrogens (tertiary/aromatic N) is 1. The third-order valence-corrected chi connectivity index (χ3v) is 2.45. The van der Waals surface area contributed by atoms with Gasteiger partial charge in [-0.25, -0.2) is 4.39 Å². The molecule has 2 nitrogen and oxygen atoms in total. The van der Waals surface area contributed by atoms with Crippen LogP contribution in [0.25, 0.3) is 11.1 Å². The summed E-state index contributed by atoms with van der Waals surface area (Å²) in [5.74, 6) is -0.951. The van der Waals surface area contributed by atoms with Gasteiger partial charge in [-0.15, -0.1) is 13.2 Å². The second-order valence-corrected chi connectivity index (χ2v) is 3.91. The van der Waals surface area contributed by atoms with E-state index in [1.165, 1.54) is 24.3 Å². The molecule has 20 heavy (non-hydrogen) atoms. The molecule has 0 saturated heterocycles. The molecule has 2 aromatic rings. The van der Waals surface area contributed by atoms with Crippen molar-refractivity contribution in [3.63, 3.8) is 0 Å². The van der Waals surface area contributed by atoms with Gasteiger partial charge in [-0.2, -0.15) is 5.26 Å². The first-order chi connectivity index (χ1) is 9.37. The second-order valence-electron chi connectivity index (χ2n) is 3.91. The van der Waals surface area contributed by atoms with Crippen molar-refractivity contribution in [3.05, 3.63) is 53.8 Å². The zero-order chi connectivity index (χ0) is 14.8. The van der Waals surface area contributed by atoms with Gasteiger partial charge in [0.1, 0.15) is 11.6 Å². The molecule has 0 bridgehead atoms. The van der Waals surface area contributed by atoms with Crippen LogP contribution in [0.3, 0.4) is 0 Å². The molecular formula is C14H7F4NO. The van der Waals surface area contributed by atoms with E-state index < -0.39 is 12.2 Å². The molecule has 0 aliphatic rings. The minimum absolute atomic E-state index is 0.135. The van der Waals surface area contributed by atoms with Crippen LogP contribution in [0.1, 0.15) is 5.56 Å². The van der Waals surface area contributed by atoms with Gasteiger partial charge in [0.15, 0.2) is 0 Å². The molecule has 0 amide bonds. The smallest absolute Gasteiger partial charge is 0.406 e. The lowest BCUT2D eigenvalue weighted by Crippen LogP contribution is -2.16. The molecule has 0 heterocycles. The van der Waals surface area contributed by atoms with Crippen LogP contribution in [-0.4, -0.2) is 6.36 Å². The summed E-state index contributed by atoms with van der Waals surface area (Å²) in [5, 5.41) is 8.74. The summed E-state index contributed by atoms with van der Waals surface area (Å²) in [6, 6.07) is 10.5. The molecule has 0 unspecified atom stereocenters. The maximum Gasteiger partial charge on any atom is 0.573 e. The fourth-order valence-electron chi connectivity index (χ4n) is 1.67. The number of halogens is 4. The lowest BCUT2D eigenvalue weighted by atomic mass is 10.0. The summed E-state index contributed by atoms with van der Waals surface area (Å²) >= 11 is 0. The van der Waals surface area contributed by atoms with Crippen LogP contribution in [0.5, 0.6) is 5.75 Å². The van der Waals surface area contributed by atoms with E-state index in [2.05, 4.69) is 4.74 Å². The number of rotatable bonds is 2. The third kappa shape index (κ3) is 3.48. The Morgan fingerprint density at radius 3 is 2.15 bits per heavy atom. The Labute approximate surface area is 111 Å². The van der Waals surface area contributed by atoms with Gasteiger partial charge >= 0.3 is 6.36 Å². The minimum Gasteiger partial charge on any atom is -0.406 e. The van der Waals surface area contributed by atoms with Crippen molar-refractivity contribution in [2.45, 2.75) is 6.36 Å². The first kappa shape index (κ1) is 13.9. The zero-order valence-corrected chi connectivity index (χ0v) is 9.91. The molecule has 0 radical (unpaired) electrons. The highest BCUT2D eigenvalue weighted by Crippen LogP contribution is 2.27. The minimum atomic E-state index is -4.76. The Morgan fingerprint density at radius 1 is 0.950 bits per heavy atom. The van der Waals surface area contributed by atoms with Gasteiger partial charge in [0.2, 0.25) is 0 Å². The van der Waals surface area contributed by atoms with E-state index in [4.69, 9.17) is 5.26 Å². The molecule has 0 N–H and O–H groups in total. The average molecular weight is 281 g/mol. The molecule has 0 aliphatic heterocycles. The molecule has 0 spiro atoms. The number of nitriles is 1. The van der Waals surface area contributed by atoms with Crippen molar-refractivity contribution < 1.29 is 22.3 Å². The van der Waals surface area contributed by atoms with E-state index in [-0.39, 0.29) is 11.3 Å². The van der Waals surface area contributed by atoms with Gasteiger partial charge < -0.3 is 4.74 Å². The SMILES string of the molecule is N#Cc1cc(F)cc(-c2ccc(OC(F)(F)F)cc2)c1. The predicted molar refractivity (Wildman–Crippen MR) is 63.2 cm³/mol. The largest absolute Gasteiger partial charge is 0.573 e. The van der Waals surface area contributed by atoms with Crippen LogP contribution in [-0.2, 0) is 0 Å². The Morgan fingerprint density at radius 2 is 1.60 bits per heavy atom. The van der Waals surface area contributed by atoms with E-state index in [1.54, 1.807) is 6.07 Å². The highest BCUT2D eigenvalue weighted by atomic mass is 19.4. The standard InChI is InChI=1S/C14H7F4NO/c15-12-6-9(8-19)5-11(7-12)10-1-3-13(4-2-10)20-14(16,17)18/h1-7H. The Balaban J connectivity index is 2.31. The number of benzene rings is 2. The summed E-state index contributed by atoms with van der Waals surface area (Å²) in [6.07, 6.45) is -4.76. The third-order valence-electron chi connectivity index (χ3n) is 2.45. The normalized spacial score (nSPS) is 10.9. The van der Waals surface area contributed by atoms with E-state index in [9.17, 15) is 17.6 Å². The molecule has 2 rings (SSSR count). The van der Waals surface area contributed by atoms with Crippen LogP contribution in [0.2, 0.25) is 0 Å². The van der Waals surface area contributed by atoms with Crippen molar-refractivity contribution in [3.8, 4) is 22.9 Å². The first-order valence-corrected chi connectivity index (χ1v) is 5.44. The summed E-state index contributed by atoms with van der Waals surface area (Å²) in [6.45, 7) is 0. The first-order valence-electron chi connectivity index (χ1n) is 5.44. The number of hydrogen-bond acceptors (Lipinski definition) is 2. The molecule has 0 saturated carbocycles. The van der Waals surface area contributed by atoms with Crippen LogP contribution < -0.4 is 4.74 Å². The fourth-order valence-corrected chi connectivity index (χ4v) is 1.67. The lowest BCUT2D eigenvalue weighted by Gasteiger charge is -2.09. The molecule has 102 valence electrons. The second kappa shape index (κ2) is 5.21. The van der Waals surface area contributed by atoms with E-state index in [0.717, 1.165) is 18.2 Å². The maximum absolute atomic E-state index is 13.3. The van der Waals surface area contributed by atoms with Gasteiger partial charge in [-0.05, 0) is 41.5 Å². The zero-order valence-electron chi connectivity index (χ0n) is 9.91. The van der Waals surface area contributed by atoms with Gasteiger partial charge in [0, 0.05) is 0 Å². The van der Waals surface area contributed by atoms with E-state index in [0.29, 0.717) is 11.1 Å². The van der Waals surface area contributed by atoms with Gasteiger partial charge in [0.25, 0.3) is 0 Å². The monoisotopic (exact) mass is 281 g/mol. The Hall–Kier alpha value is -2.55. The average Bonchev–Trinajstić information content (AvgIpc) is 2.37. The van der Waals surface area contributed by atoms with E-state index >= 15 is 0 Å². The van der Waals surface area contributed by atoms with Crippen molar-refractivity contribution in [2.75, 3.05) is 0 Å². The van der Waals surface area contributed by atoms with Crippen LogP contribution in [0.15, 0.2) is 42.5 Å². The lowest BCUT2D eigenvalue weighted by molar-refractivity contribution is -0.274. The summed E-state index contributed by atoms with van der Waals surface area (Å²) < 4.78 is 53.0. The fraction of sp³-hybridized carbons (Fsp3) is 0.0714. The van der Waals surface area contributed by atoms with Gasteiger partial charge in [0.05, 0.1) is 11.6 Å². The summed E-state index contributed by atoms with van der Waals surface area (Å²) in [4.78, 5) is 0. The van der Waals surface area contributed by atoms with Crippen molar-refractivity contribution in [2.24, 2.45) is 0 Å². The topological polar surface area (TPSA) is 33.0 Å². The van der Waals surface area contributed by atoms with Crippen molar-refractivity contribution in [1.29, 1.82) is 5.26 Å². The highest BCUT2D eigenvalue weighted by Gasteiger charge is 2.30. The summed E-state index contributed by atoms with van der Waals surface area (Å²) in [5.41, 5.74) is 1.02. The van der Waals surface area contributed by atoms with E-state index in [1.807, 2.05) is 0 Å².